The molecule has 0 atom stereocenters. The molecule has 1 amide bonds. The minimum absolute atomic E-state index is 0.143. The monoisotopic (exact) mass is 418 g/mol. The van der Waals surface area contributed by atoms with E-state index in [1.807, 2.05) is 10.7 Å². The van der Waals surface area contributed by atoms with Crippen molar-refractivity contribution in [3.63, 3.8) is 0 Å². The molecule has 0 radical (unpaired) electrons. The lowest BCUT2D eigenvalue weighted by atomic mass is 9.95. The second-order valence-corrected chi connectivity index (χ2v) is 8.37. The first kappa shape index (κ1) is 19.8. The predicted octanol–water partition coefficient (Wildman–Crippen LogP) is 4.42. The van der Waals surface area contributed by atoms with E-state index in [0.717, 1.165) is 61.3 Å². The number of halogens is 1. The molecule has 2 heterocycles. The minimum atomic E-state index is -0.278. The normalized spacial score (nSPS) is 15.7. The highest BCUT2D eigenvalue weighted by atomic mass is 19.1. The number of nitrogens with one attached hydrogen (secondary N) is 1. The number of hydrogen-bond donors (Lipinski definition) is 1. The van der Waals surface area contributed by atoms with E-state index < -0.39 is 0 Å². The highest BCUT2D eigenvalue weighted by molar-refractivity contribution is 5.94. The second-order valence-electron chi connectivity index (χ2n) is 8.37. The number of fused-ring (bicyclic) bond motifs is 1. The number of benzene rings is 2. The molecule has 31 heavy (non-hydrogen) atoms. The van der Waals surface area contributed by atoms with Crippen LogP contribution in [-0.4, -0.2) is 28.8 Å². The maximum absolute atomic E-state index is 13.4. The van der Waals surface area contributed by atoms with Crippen molar-refractivity contribution in [2.45, 2.75) is 45.1 Å². The Labute approximate surface area is 181 Å². The molecule has 5 rings (SSSR count). The van der Waals surface area contributed by atoms with Gasteiger partial charge in [-0.05, 0) is 74.4 Å². The van der Waals surface area contributed by atoms with Crippen molar-refractivity contribution in [1.82, 2.24) is 15.1 Å². The molecule has 2 aromatic carbocycles. The minimum Gasteiger partial charge on any atom is -0.371 e. The second kappa shape index (κ2) is 8.53. The molecule has 1 aliphatic carbocycles. The number of hydrogen-bond acceptors (Lipinski definition) is 3. The SMILES string of the molecule is O=C(NCc1ccccc1N1CCCC1)c1nn(-c2ccc(F)cc2)c2c1CCCC2. The standard InChI is InChI=1S/C25H27FN4O/c26-19-11-13-20(14-12-19)30-23-10-4-2-8-21(23)24(28-30)25(31)27-17-18-7-1-3-9-22(18)29-15-5-6-16-29/h1,3,7,9,11-14H,2,4-6,8,10,15-17H2,(H,27,31). The molecule has 5 nitrogen and oxygen atoms in total. The van der Waals surface area contributed by atoms with Crippen LogP contribution in [0.25, 0.3) is 5.69 Å². The van der Waals surface area contributed by atoms with Crippen LogP contribution in [0, 0.1) is 5.82 Å². The summed E-state index contributed by atoms with van der Waals surface area (Å²) >= 11 is 0. The maximum Gasteiger partial charge on any atom is 0.272 e. The number of anilines is 1. The first-order chi connectivity index (χ1) is 15.2. The van der Waals surface area contributed by atoms with Crippen molar-refractivity contribution in [3.05, 3.63) is 76.9 Å². The van der Waals surface area contributed by atoms with E-state index in [1.54, 1.807) is 12.1 Å². The third-order valence-corrected chi connectivity index (χ3v) is 6.34. The number of rotatable bonds is 5. The van der Waals surface area contributed by atoms with E-state index in [2.05, 4.69) is 33.5 Å². The van der Waals surface area contributed by atoms with Gasteiger partial charge in [-0.1, -0.05) is 18.2 Å². The van der Waals surface area contributed by atoms with Crippen LogP contribution in [0.3, 0.4) is 0 Å². The summed E-state index contributed by atoms with van der Waals surface area (Å²) in [5.74, 6) is -0.422. The van der Waals surface area contributed by atoms with Crippen LogP contribution in [0.1, 0.15) is 53.0 Å². The van der Waals surface area contributed by atoms with Gasteiger partial charge in [-0.3, -0.25) is 4.79 Å². The molecule has 2 aliphatic rings. The van der Waals surface area contributed by atoms with Crippen LogP contribution in [0.4, 0.5) is 10.1 Å². The first-order valence-corrected chi connectivity index (χ1v) is 11.2. The summed E-state index contributed by atoms with van der Waals surface area (Å²) < 4.78 is 15.2. The van der Waals surface area contributed by atoms with Crippen molar-refractivity contribution in [2.75, 3.05) is 18.0 Å². The van der Waals surface area contributed by atoms with Crippen molar-refractivity contribution in [1.29, 1.82) is 0 Å². The molecule has 1 aliphatic heterocycles. The molecule has 0 unspecified atom stereocenters. The molecule has 160 valence electrons. The Morgan fingerprint density at radius 2 is 1.71 bits per heavy atom. The zero-order valence-electron chi connectivity index (χ0n) is 17.6. The van der Waals surface area contributed by atoms with Gasteiger partial charge in [0.25, 0.3) is 5.91 Å². The highest BCUT2D eigenvalue weighted by Gasteiger charge is 2.26. The zero-order valence-corrected chi connectivity index (χ0v) is 17.6. The van der Waals surface area contributed by atoms with Crippen LogP contribution in [0.15, 0.2) is 48.5 Å². The van der Waals surface area contributed by atoms with Gasteiger partial charge in [-0.15, -0.1) is 0 Å². The van der Waals surface area contributed by atoms with Crippen LogP contribution >= 0.6 is 0 Å². The molecule has 1 fully saturated rings. The van der Waals surface area contributed by atoms with E-state index in [-0.39, 0.29) is 11.7 Å². The molecule has 0 bridgehead atoms. The summed E-state index contributed by atoms with van der Waals surface area (Å²) in [6, 6.07) is 14.6. The van der Waals surface area contributed by atoms with E-state index in [9.17, 15) is 9.18 Å². The van der Waals surface area contributed by atoms with Gasteiger partial charge in [0, 0.05) is 36.6 Å². The first-order valence-electron chi connectivity index (χ1n) is 11.2. The quantitative estimate of drug-likeness (QED) is 0.667. The molecular weight excluding hydrogens is 391 g/mol. The zero-order chi connectivity index (χ0) is 21.2. The summed E-state index contributed by atoms with van der Waals surface area (Å²) in [7, 11) is 0. The molecule has 1 saturated heterocycles. The third kappa shape index (κ3) is 3.94. The summed E-state index contributed by atoms with van der Waals surface area (Å²) in [4.78, 5) is 15.6. The Kier molecular flexibility index (Phi) is 5.45. The number of carbonyl (C=O) groups excluding carboxylic acids is 1. The highest BCUT2D eigenvalue weighted by Crippen LogP contribution is 2.28. The molecule has 6 heteroatoms. The summed E-state index contributed by atoms with van der Waals surface area (Å²) in [6.45, 7) is 2.62. The van der Waals surface area contributed by atoms with Gasteiger partial charge in [0.1, 0.15) is 5.82 Å². The van der Waals surface area contributed by atoms with Gasteiger partial charge in [0.05, 0.1) is 5.69 Å². The Morgan fingerprint density at radius 3 is 2.52 bits per heavy atom. The fourth-order valence-corrected chi connectivity index (χ4v) is 4.76. The fraction of sp³-hybridized carbons (Fsp3) is 0.360. The van der Waals surface area contributed by atoms with Gasteiger partial charge in [-0.25, -0.2) is 9.07 Å². The van der Waals surface area contributed by atoms with Gasteiger partial charge >= 0.3 is 0 Å². The van der Waals surface area contributed by atoms with Crippen LogP contribution in [-0.2, 0) is 19.4 Å². The number of amides is 1. The van der Waals surface area contributed by atoms with E-state index in [1.165, 1.54) is 30.7 Å². The van der Waals surface area contributed by atoms with Gasteiger partial charge in [-0.2, -0.15) is 5.10 Å². The van der Waals surface area contributed by atoms with E-state index in [0.29, 0.717) is 12.2 Å². The maximum atomic E-state index is 13.4. The average molecular weight is 419 g/mol. The largest absolute Gasteiger partial charge is 0.371 e. The summed E-state index contributed by atoms with van der Waals surface area (Å²) in [5, 5.41) is 7.78. The summed E-state index contributed by atoms with van der Waals surface area (Å²) in [6.07, 6.45) is 6.29. The molecule has 0 spiro atoms. The lowest BCUT2D eigenvalue weighted by Crippen LogP contribution is -2.26. The Hall–Kier alpha value is -3.15. The number of carbonyl (C=O) groups is 1. The average Bonchev–Trinajstić information content (AvgIpc) is 3.47. The van der Waals surface area contributed by atoms with Crippen molar-refractivity contribution in [2.24, 2.45) is 0 Å². The Balaban J connectivity index is 1.40. The van der Waals surface area contributed by atoms with Gasteiger partial charge < -0.3 is 10.2 Å². The van der Waals surface area contributed by atoms with Crippen molar-refractivity contribution >= 4 is 11.6 Å². The lowest BCUT2D eigenvalue weighted by molar-refractivity contribution is 0.0944. The molecule has 3 aromatic rings. The van der Waals surface area contributed by atoms with E-state index in [4.69, 9.17) is 0 Å². The molecular formula is C25H27FN4O. The van der Waals surface area contributed by atoms with Crippen LogP contribution in [0.2, 0.25) is 0 Å². The third-order valence-electron chi connectivity index (χ3n) is 6.34. The molecule has 1 N–H and O–H groups in total. The van der Waals surface area contributed by atoms with Crippen LogP contribution in [0.5, 0.6) is 0 Å². The number of aromatic nitrogens is 2. The Bertz CT molecular complexity index is 1080. The molecule has 0 saturated carbocycles. The van der Waals surface area contributed by atoms with Gasteiger partial charge in [0.2, 0.25) is 0 Å². The predicted molar refractivity (Wildman–Crippen MR) is 119 cm³/mol. The lowest BCUT2D eigenvalue weighted by Gasteiger charge is -2.21. The van der Waals surface area contributed by atoms with Crippen LogP contribution < -0.4 is 10.2 Å². The van der Waals surface area contributed by atoms with Crippen molar-refractivity contribution < 1.29 is 9.18 Å². The fourth-order valence-electron chi connectivity index (χ4n) is 4.76. The molecule has 1 aromatic heterocycles. The topological polar surface area (TPSA) is 50.2 Å². The smallest absolute Gasteiger partial charge is 0.272 e. The number of nitrogens with zero attached hydrogens (tertiary/aromatic N) is 3. The summed E-state index contributed by atoms with van der Waals surface area (Å²) in [5.41, 5.74) is 5.72. The van der Waals surface area contributed by atoms with E-state index >= 15 is 0 Å². The van der Waals surface area contributed by atoms with Crippen molar-refractivity contribution in [3.8, 4) is 5.69 Å². The Morgan fingerprint density at radius 1 is 0.968 bits per heavy atom. The number of para-hydroxylation sites is 1. The van der Waals surface area contributed by atoms with Gasteiger partial charge in [0.15, 0.2) is 5.69 Å².